The van der Waals surface area contributed by atoms with Crippen molar-refractivity contribution in [1.29, 1.82) is 10.5 Å². The molecule has 0 bridgehead atoms. The summed E-state index contributed by atoms with van der Waals surface area (Å²) in [5, 5.41) is 27.6. The summed E-state index contributed by atoms with van der Waals surface area (Å²) in [6, 6.07) is 7.42. The summed E-state index contributed by atoms with van der Waals surface area (Å²) in [5.74, 6) is -0.749. The fourth-order valence-electron chi connectivity index (χ4n) is 5.49. The fourth-order valence-corrected chi connectivity index (χ4v) is 5.49. The molecule has 14 heteroatoms. The van der Waals surface area contributed by atoms with Crippen molar-refractivity contribution in [3.8, 4) is 29.4 Å². The highest BCUT2D eigenvalue weighted by Crippen LogP contribution is 2.65. The third-order valence-corrected chi connectivity index (χ3v) is 7.95. The summed E-state index contributed by atoms with van der Waals surface area (Å²) in [6.07, 6.45) is -0.848. The molecule has 1 atom stereocenters. The molecule has 4 aromatic rings. The van der Waals surface area contributed by atoms with Crippen molar-refractivity contribution in [3.05, 3.63) is 59.6 Å². The van der Waals surface area contributed by atoms with Crippen molar-refractivity contribution >= 4 is 5.65 Å². The van der Waals surface area contributed by atoms with Gasteiger partial charge in [0, 0.05) is 24.7 Å². The number of fused-ring (bicyclic) bond motifs is 1. The Morgan fingerprint density at radius 3 is 2.46 bits per heavy atom. The van der Waals surface area contributed by atoms with E-state index in [4.69, 9.17) is 10.00 Å². The lowest BCUT2D eigenvalue weighted by atomic mass is 9.95. The van der Waals surface area contributed by atoms with E-state index in [1.807, 2.05) is 13.0 Å². The van der Waals surface area contributed by atoms with E-state index in [0.717, 1.165) is 18.0 Å². The topological polar surface area (TPSA) is 121 Å². The van der Waals surface area contributed by atoms with Gasteiger partial charge in [0.05, 0.1) is 29.8 Å². The van der Waals surface area contributed by atoms with Crippen LogP contribution in [0.25, 0.3) is 16.9 Å². The Kier molecular flexibility index (Phi) is 6.29. The van der Waals surface area contributed by atoms with Crippen molar-refractivity contribution in [2.24, 2.45) is 5.41 Å². The zero-order valence-electron chi connectivity index (χ0n) is 21.8. The van der Waals surface area contributed by atoms with Crippen LogP contribution in [0.4, 0.5) is 17.6 Å². The Balaban J connectivity index is 1.44. The minimum absolute atomic E-state index is 0.0346. The maximum Gasteiger partial charge on any atom is 0.398 e. The van der Waals surface area contributed by atoms with Gasteiger partial charge in [-0.2, -0.15) is 23.7 Å². The number of piperidine rings is 1. The minimum Gasteiger partial charge on any atom is -0.468 e. The zero-order chi connectivity index (χ0) is 28.9. The maximum atomic E-state index is 14.3. The lowest BCUT2D eigenvalue weighted by molar-refractivity contribution is -0.212. The first-order chi connectivity index (χ1) is 19.6. The number of hydrogen-bond acceptors (Lipinski definition) is 8. The van der Waals surface area contributed by atoms with Crippen LogP contribution in [0.3, 0.4) is 0 Å². The molecule has 0 spiro atoms. The molecule has 0 amide bonds. The van der Waals surface area contributed by atoms with Crippen LogP contribution in [-0.4, -0.2) is 53.5 Å². The second-order valence-electron chi connectivity index (χ2n) is 10.4. The number of nitriles is 2. The second kappa shape index (κ2) is 9.73. The molecule has 2 aliphatic rings. The van der Waals surface area contributed by atoms with Crippen LogP contribution in [0.1, 0.15) is 54.9 Å². The Labute approximate surface area is 231 Å². The van der Waals surface area contributed by atoms with Gasteiger partial charge in [-0.05, 0) is 50.8 Å². The highest BCUT2D eigenvalue weighted by molar-refractivity contribution is 5.68. The standard InChI is InChI=1S/C27H23F4N9O/c1-16-24(36-37-40(16)19-4-8-38(15-33)9-5-19)17-10-22-35-14-20(12-32)39(22)23(11-17)41-25(21-3-2-18(28)13-34-21)26(6-7-26)27(29,30)31/h2-3,10-11,13-14,19,25H,4-9H2,1H3. The molecule has 41 heavy (non-hydrogen) atoms. The van der Waals surface area contributed by atoms with Gasteiger partial charge in [-0.25, -0.2) is 14.1 Å². The first-order valence-corrected chi connectivity index (χ1v) is 13.0. The maximum absolute atomic E-state index is 14.3. The molecule has 6 rings (SSSR count). The molecule has 1 aliphatic heterocycles. The van der Waals surface area contributed by atoms with E-state index in [2.05, 4.69) is 26.5 Å². The Hall–Kier alpha value is -4.72. The number of aromatic nitrogens is 6. The molecule has 210 valence electrons. The molecule has 1 saturated carbocycles. The van der Waals surface area contributed by atoms with E-state index in [9.17, 15) is 22.8 Å². The van der Waals surface area contributed by atoms with Crippen molar-refractivity contribution in [1.82, 2.24) is 34.3 Å². The van der Waals surface area contributed by atoms with Gasteiger partial charge in [-0.3, -0.25) is 9.38 Å². The SMILES string of the molecule is Cc1c(-c2cc(OC(c3ccc(F)cn3)C3(C(F)(F)F)CC3)n3c(C#N)cnc3c2)nnn1C1CCN(C#N)CC1. The van der Waals surface area contributed by atoms with Crippen LogP contribution in [0, 0.1) is 40.9 Å². The lowest BCUT2D eigenvalue weighted by Gasteiger charge is -2.29. The largest absolute Gasteiger partial charge is 0.468 e. The van der Waals surface area contributed by atoms with E-state index in [1.165, 1.54) is 22.7 Å². The van der Waals surface area contributed by atoms with Gasteiger partial charge in [-0.1, -0.05) is 5.21 Å². The van der Waals surface area contributed by atoms with Gasteiger partial charge in [0.1, 0.15) is 34.3 Å². The van der Waals surface area contributed by atoms with Crippen LogP contribution < -0.4 is 4.74 Å². The smallest absolute Gasteiger partial charge is 0.398 e. The van der Waals surface area contributed by atoms with Crippen molar-refractivity contribution in [3.63, 3.8) is 0 Å². The van der Waals surface area contributed by atoms with Gasteiger partial charge in [-0.15, -0.1) is 5.10 Å². The molecule has 0 N–H and O–H groups in total. The first-order valence-electron chi connectivity index (χ1n) is 13.0. The lowest BCUT2D eigenvalue weighted by Crippen LogP contribution is -2.35. The number of nitrogens with zero attached hydrogens (tertiary/aromatic N) is 9. The molecule has 1 unspecified atom stereocenters. The third-order valence-electron chi connectivity index (χ3n) is 7.95. The molecule has 0 aromatic carbocycles. The average molecular weight is 566 g/mol. The van der Waals surface area contributed by atoms with Crippen LogP contribution in [-0.2, 0) is 0 Å². The number of pyridine rings is 2. The third kappa shape index (κ3) is 4.49. The van der Waals surface area contributed by atoms with Gasteiger partial charge < -0.3 is 9.64 Å². The van der Waals surface area contributed by atoms with Crippen LogP contribution >= 0.6 is 0 Å². The summed E-state index contributed by atoms with van der Waals surface area (Å²) in [5.41, 5.74) is -0.261. The number of halogens is 4. The normalized spacial score (nSPS) is 17.7. The fraction of sp³-hybridized carbons (Fsp3) is 0.407. The van der Waals surface area contributed by atoms with Crippen molar-refractivity contribution in [2.45, 2.75) is 50.9 Å². The number of alkyl halides is 3. The predicted octanol–water partition coefficient (Wildman–Crippen LogP) is 4.89. The highest BCUT2D eigenvalue weighted by Gasteiger charge is 2.69. The monoisotopic (exact) mass is 565 g/mol. The number of likely N-dealkylation sites (tertiary alicyclic amines) is 1. The van der Waals surface area contributed by atoms with Crippen LogP contribution in [0.15, 0.2) is 36.7 Å². The molecule has 4 aromatic heterocycles. The first kappa shape index (κ1) is 26.5. The van der Waals surface area contributed by atoms with Crippen molar-refractivity contribution < 1.29 is 22.3 Å². The predicted molar refractivity (Wildman–Crippen MR) is 134 cm³/mol. The Morgan fingerprint density at radius 1 is 1.10 bits per heavy atom. The van der Waals surface area contributed by atoms with E-state index in [-0.39, 0.29) is 41.8 Å². The van der Waals surface area contributed by atoms with Crippen LogP contribution in [0.2, 0.25) is 0 Å². The molecule has 0 radical (unpaired) electrons. The number of hydrogen-bond donors (Lipinski definition) is 0. The average Bonchev–Trinajstić information content (AvgIpc) is 3.55. The van der Waals surface area contributed by atoms with Gasteiger partial charge >= 0.3 is 6.18 Å². The van der Waals surface area contributed by atoms with E-state index < -0.39 is 23.5 Å². The van der Waals surface area contributed by atoms with E-state index >= 15 is 0 Å². The summed E-state index contributed by atoms with van der Waals surface area (Å²) >= 11 is 0. The molecule has 1 aliphatic carbocycles. The minimum atomic E-state index is -4.61. The van der Waals surface area contributed by atoms with Gasteiger partial charge in [0.2, 0.25) is 5.88 Å². The highest BCUT2D eigenvalue weighted by atomic mass is 19.4. The second-order valence-corrected chi connectivity index (χ2v) is 10.4. The molecule has 10 nitrogen and oxygen atoms in total. The number of rotatable bonds is 6. The molecule has 1 saturated heterocycles. The quantitative estimate of drug-likeness (QED) is 0.239. The summed E-state index contributed by atoms with van der Waals surface area (Å²) in [7, 11) is 0. The molecular weight excluding hydrogens is 542 g/mol. The van der Waals surface area contributed by atoms with E-state index in [1.54, 1.807) is 15.6 Å². The zero-order valence-corrected chi connectivity index (χ0v) is 21.8. The van der Waals surface area contributed by atoms with E-state index in [0.29, 0.717) is 37.2 Å². The Morgan fingerprint density at radius 2 is 1.85 bits per heavy atom. The van der Waals surface area contributed by atoms with Gasteiger partial charge in [0.15, 0.2) is 12.3 Å². The van der Waals surface area contributed by atoms with Gasteiger partial charge in [0.25, 0.3) is 0 Å². The molecular formula is C27H23F4N9O. The number of ether oxygens (including phenoxy) is 1. The summed E-state index contributed by atoms with van der Waals surface area (Å²) < 4.78 is 65.9. The molecule has 2 fully saturated rings. The Bertz CT molecular complexity index is 1690. The molecule has 5 heterocycles. The van der Waals surface area contributed by atoms with Crippen molar-refractivity contribution in [2.75, 3.05) is 13.1 Å². The number of imidazole rings is 1. The summed E-state index contributed by atoms with van der Waals surface area (Å²) in [4.78, 5) is 9.89. The summed E-state index contributed by atoms with van der Waals surface area (Å²) in [6.45, 7) is 3.05. The van der Waals surface area contributed by atoms with Crippen LogP contribution in [0.5, 0.6) is 5.88 Å².